The number of furan rings is 2. The number of benzene rings is 1. The van der Waals surface area contributed by atoms with E-state index in [9.17, 15) is 9.59 Å². The number of fused-ring (bicyclic) bond motifs is 2. The van der Waals surface area contributed by atoms with Crippen LogP contribution < -0.4 is 5.32 Å². The van der Waals surface area contributed by atoms with E-state index in [1.54, 1.807) is 23.3 Å². The molecule has 0 radical (unpaired) electrons. The van der Waals surface area contributed by atoms with E-state index in [4.69, 9.17) is 13.8 Å². The minimum absolute atomic E-state index is 0.00475. The van der Waals surface area contributed by atoms with Gasteiger partial charge in [-0.2, -0.15) is 0 Å². The number of allylic oxidation sites excluding steroid dienone is 1. The van der Waals surface area contributed by atoms with Gasteiger partial charge >= 0.3 is 0 Å². The number of piperidine rings is 1. The van der Waals surface area contributed by atoms with E-state index >= 15 is 0 Å². The second kappa shape index (κ2) is 9.73. The molecule has 3 aromatic heterocycles. The molecule has 0 bridgehead atoms. The predicted octanol–water partition coefficient (Wildman–Crippen LogP) is 5.58. The Morgan fingerprint density at radius 2 is 1.78 bits per heavy atom. The second-order valence-corrected chi connectivity index (χ2v) is 10.0. The molecule has 188 valence electrons. The lowest BCUT2D eigenvalue weighted by molar-refractivity contribution is 0.0667. The van der Waals surface area contributed by atoms with Crippen LogP contribution in [0.4, 0.5) is 0 Å². The number of rotatable bonds is 4. The molecule has 1 N–H and O–H groups in total. The zero-order valence-electron chi connectivity index (χ0n) is 20.8. The van der Waals surface area contributed by atoms with E-state index in [0.717, 1.165) is 46.3 Å². The van der Waals surface area contributed by atoms with Gasteiger partial charge in [0.05, 0.1) is 29.3 Å². The molecular weight excluding hydrogens is 466 g/mol. The van der Waals surface area contributed by atoms with Crippen LogP contribution in [0.1, 0.15) is 64.1 Å². The van der Waals surface area contributed by atoms with E-state index in [2.05, 4.69) is 12.2 Å². The van der Waals surface area contributed by atoms with Crippen molar-refractivity contribution in [2.45, 2.75) is 38.6 Å². The lowest BCUT2D eigenvalue weighted by Gasteiger charge is -2.32. The Bertz CT molecular complexity index is 1460. The summed E-state index contributed by atoms with van der Waals surface area (Å²) in [5.74, 6) is 1.33. The molecule has 1 saturated heterocycles. The Balaban J connectivity index is 1.29. The standard InChI is InChI=1S/C30H29N3O4/c1-19-16-20(18-22-6-4-14-36-22)28-24(17-19)27(23-7-2-3-8-25(23)32-28)29(34)31-21-10-12-33(13-11-21)30(35)26-9-5-15-37-26/h2-9,14-15,18-19,21H,10-13,16-17H2,1H3,(H,31,34)/b20-18+. The van der Waals surface area contributed by atoms with Crippen LogP contribution in [-0.4, -0.2) is 40.8 Å². The highest BCUT2D eigenvalue weighted by Crippen LogP contribution is 2.38. The Morgan fingerprint density at radius 1 is 1.00 bits per heavy atom. The lowest BCUT2D eigenvalue weighted by Crippen LogP contribution is -2.46. The minimum atomic E-state index is -0.103. The number of amides is 2. The van der Waals surface area contributed by atoms with Crippen LogP contribution in [0.15, 0.2) is 69.9 Å². The predicted molar refractivity (Wildman–Crippen MR) is 141 cm³/mol. The van der Waals surface area contributed by atoms with Crippen LogP contribution in [0.3, 0.4) is 0 Å². The van der Waals surface area contributed by atoms with Crippen LogP contribution in [0.2, 0.25) is 0 Å². The van der Waals surface area contributed by atoms with E-state index in [1.807, 2.05) is 42.5 Å². The SMILES string of the molecule is CC1C/C(=C\c2ccco2)c2nc3ccccc3c(C(=O)NC3CCN(C(=O)c4ccco4)CC3)c2C1. The summed E-state index contributed by atoms with van der Waals surface area (Å²) in [5, 5.41) is 4.15. The molecule has 4 heterocycles. The number of nitrogens with zero attached hydrogens (tertiary/aromatic N) is 2. The molecule has 1 aromatic carbocycles. The molecule has 2 amide bonds. The first-order valence-corrected chi connectivity index (χ1v) is 12.9. The third-order valence-electron chi connectivity index (χ3n) is 7.35. The maximum absolute atomic E-state index is 13.9. The normalized spacial score (nSPS) is 19.2. The summed E-state index contributed by atoms with van der Waals surface area (Å²) < 4.78 is 10.8. The fourth-order valence-electron chi connectivity index (χ4n) is 5.58. The highest BCUT2D eigenvalue weighted by atomic mass is 16.3. The molecule has 1 unspecified atom stereocenters. The monoisotopic (exact) mass is 495 g/mol. The number of carbonyl (C=O) groups excluding carboxylic acids is 2. The molecule has 4 aromatic rings. The van der Waals surface area contributed by atoms with E-state index in [1.165, 1.54) is 6.26 Å². The summed E-state index contributed by atoms with van der Waals surface area (Å²) in [6.45, 7) is 3.36. The van der Waals surface area contributed by atoms with Gasteiger partial charge in [-0.1, -0.05) is 25.1 Å². The maximum Gasteiger partial charge on any atom is 0.289 e. The van der Waals surface area contributed by atoms with Gasteiger partial charge in [0, 0.05) is 24.5 Å². The summed E-state index contributed by atoms with van der Waals surface area (Å²) in [6.07, 6.45) is 8.29. The first-order valence-electron chi connectivity index (χ1n) is 12.9. The van der Waals surface area contributed by atoms with Gasteiger partial charge in [-0.05, 0) is 79.1 Å². The molecule has 7 nitrogen and oxygen atoms in total. The average molecular weight is 496 g/mol. The molecule has 6 rings (SSSR count). The van der Waals surface area contributed by atoms with E-state index in [0.29, 0.717) is 43.2 Å². The van der Waals surface area contributed by atoms with Crippen molar-refractivity contribution in [3.05, 3.63) is 89.4 Å². The Labute approximate surface area is 215 Å². The molecule has 1 fully saturated rings. The molecule has 0 saturated carbocycles. The number of aromatic nitrogens is 1. The fourth-order valence-corrected chi connectivity index (χ4v) is 5.58. The Hall–Kier alpha value is -4.13. The molecule has 2 aliphatic rings. The van der Waals surface area contributed by atoms with E-state index < -0.39 is 0 Å². The van der Waals surface area contributed by atoms with E-state index in [-0.39, 0.29) is 17.9 Å². The third kappa shape index (κ3) is 4.57. The highest BCUT2D eigenvalue weighted by Gasteiger charge is 2.31. The van der Waals surface area contributed by atoms with Crippen LogP contribution in [0.25, 0.3) is 22.6 Å². The molecular formula is C30H29N3O4. The molecule has 1 aliphatic carbocycles. The lowest BCUT2D eigenvalue weighted by atomic mass is 9.80. The first-order chi connectivity index (χ1) is 18.1. The fraction of sp³-hybridized carbons (Fsp3) is 0.300. The second-order valence-electron chi connectivity index (χ2n) is 10.0. The molecule has 37 heavy (non-hydrogen) atoms. The Kier molecular flexibility index (Phi) is 6.12. The summed E-state index contributed by atoms with van der Waals surface area (Å²) in [4.78, 5) is 33.3. The number of pyridine rings is 1. The number of carbonyl (C=O) groups is 2. The average Bonchev–Trinajstić information content (AvgIpc) is 3.62. The van der Waals surface area contributed by atoms with Gasteiger partial charge in [-0.25, -0.2) is 4.98 Å². The number of para-hydroxylation sites is 1. The van der Waals surface area contributed by atoms with Crippen LogP contribution in [0.5, 0.6) is 0 Å². The van der Waals surface area contributed by atoms with Crippen molar-refractivity contribution < 1.29 is 18.4 Å². The number of hydrogen-bond donors (Lipinski definition) is 1. The van der Waals surface area contributed by atoms with Crippen molar-refractivity contribution in [3.63, 3.8) is 0 Å². The molecule has 0 spiro atoms. The third-order valence-corrected chi connectivity index (χ3v) is 7.35. The highest BCUT2D eigenvalue weighted by molar-refractivity contribution is 6.09. The Morgan fingerprint density at radius 3 is 2.54 bits per heavy atom. The zero-order chi connectivity index (χ0) is 25.4. The summed E-state index contributed by atoms with van der Waals surface area (Å²) in [5.41, 5.74) is 4.50. The summed E-state index contributed by atoms with van der Waals surface area (Å²) in [6, 6.07) is 15.1. The van der Waals surface area contributed by atoms with Crippen molar-refractivity contribution in [1.82, 2.24) is 15.2 Å². The van der Waals surface area contributed by atoms with Gasteiger partial charge in [0.1, 0.15) is 5.76 Å². The van der Waals surface area contributed by atoms with Crippen molar-refractivity contribution >= 4 is 34.4 Å². The van der Waals surface area contributed by atoms with Gasteiger partial charge in [-0.15, -0.1) is 0 Å². The minimum Gasteiger partial charge on any atom is -0.465 e. The van der Waals surface area contributed by atoms with Crippen LogP contribution in [-0.2, 0) is 6.42 Å². The molecule has 1 aliphatic heterocycles. The van der Waals surface area contributed by atoms with Gasteiger partial charge in [0.25, 0.3) is 11.8 Å². The smallest absolute Gasteiger partial charge is 0.289 e. The first kappa shape index (κ1) is 23.3. The number of likely N-dealkylation sites (tertiary alicyclic amines) is 1. The topological polar surface area (TPSA) is 88.6 Å². The van der Waals surface area contributed by atoms with Crippen molar-refractivity contribution in [2.75, 3.05) is 13.1 Å². The van der Waals surface area contributed by atoms with Crippen LogP contribution in [0, 0.1) is 5.92 Å². The van der Waals surface area contributed by atoms with Crippen molar-refractivity contribution in [2.24, 2.45) is 5.92 Å². The molecule has 7 heteroatoms. The quantitative estimate of drug-likeness (QED) is 0.399. The van der Waals surface area contributed by atoms with Crippen molar-refractivity contribution in [3.8, 4) is 0 Å². The summed E-state index contributed by atoms with van der Waals surface area (Å²) in [7, 11) is 0. The van der Waals surface area contributed by atoms with Gasteiger partial charge in [-0.3, -0.25) is 9.59 Å². The largest absolute Gasteiger partial charge is 0.465 e. The number of hydrogen-bond acceptors (Lipinski definition) is 5. The van der Waals surface area contributed by atoms with Gasteiger partial charge < -0.3 is 19.1 Å². The van der Waals surface area contributed by atoms with Gasteiger partial charge in [0.2, 0.25) is 0 Å². The van der Waals surface area contributed by atoms with Crippen molar-refractivity contribution in [1.29, 1.82) is 0 Å². The number of nitrogens with one attached hydrogen (secondary N) is 1. The maximum atomic E-state index is 13.9. The zero-order valence-corrected chi connectivity index (χ0v) is 20.8. The van der Waals surface area contributed by atoms with Crippen LogP contribution >= 0.6 is 0 Å². The summed E-state index contributed by atoms with van der Waals surface area (Å²) >= 11 is 0. The van der Waals surface area contributed by atoms with Gasteiger partial charge in [0.15, 0.2) is 5.76 Å². The molecule has 1 atom stereocenters.